The molecule has 2 bridgehead atoms. The molecule has 0 aromatic heterocycles. The van der Waals surface area contributed by atoms with Gasteiger partial charge in [0.05, 0.1) is 6.21 Å². The van der Waals surface area contributed by atoms with Gasteiger partial charge in [-0.05, 0) is 51.0 Å². The van der Waals surface area contributed by atoms with Gasteiger partial charge in [0.15, 0.2) is 0 Å². The second-order valence-corrected chi connectivity index (χ2v) is 9.07. The lowest BCUT2D eigenvalue weighted by atomic mass is 9.34. The summed E-state index contributed by atoms with van der Waals surface area (Å²) >= 11 is -1.12. The smallest absolute Gasteiger partial charge is 0.144 e. The van der Waals surface area contributed by atoms with Crippen LogP contribution >= 0.6 is 0 Å². The molecule has 4 rings (SSSR count). The van der Waals surface area contributed by atoms with Crippen molar-refractivity contribution in [3.63, 3.8) is 0 Å². The minimum absolute atomic E-state index is 0.247. The highest BCUT2D eigenvalue weighted by molar-refractivity contribution is 7.91. The zero-order valence-electron chi connectivity index (χ0n) is 11.8. The van der Waals surface area contributed by atoms with Gasteiger partial charge in [0.25, 0.3) is 0 Å². The number of hydrogen-bond acceptors (Lipinski definition) is 2. The van der Waals surface area contributed by atoms with E-state index in [-0.39, 0.29) is 10.2 Å². The Morgan fingerprint density at radius 1 is 1.16 bits per heavy atom. The fourth-order valence-corrected chi connectivity index (χ4v) is 4.05. The molecule has 1 aromatic carbocycles. The topological polar surface area (TPSA) is 35.4 Å². The van der Waals surface area contributed by atoms with Gasteiger partial charge in [-0.2, -0.15) is 0 Å². The lowest BCUT2D eigenvalue weighted by Gasteiger charge is -2.69. The summed E-state index contributed by atoms with van der Waals surface area (Å²) < 4.78 is 16.0. The Kier molecular flexibility index (Phi) is 2.84. The van der Waals surface area contributed by atoms with Gasteiger partial charge >= 0.3 is 0 Å². The Hall–Kier alpha value is -0.800. The van der Waals surface area contributed by atoms with Gasteiger partial charge in [-0.25, -0.2) is 0 Å². The molecule has 3 aliphatic carbocycles. The molecule has 3 saturated carbocycles. The van der Waals surface area contributed by atoms with E-state index in [1.165, 1.54) is 24.8 Å². The first-order chi connectivity index (χ1) is 8.85. The van der Waals surface area contributed by atoms with Gasteiger partial charge in [-0.3, -0.25) is 0 Å². The summed E-state index contributed by atoms with van der Waals surface area (Å²) in [4.78, 5) is 0. The number of benzene rings is 1. The fraction of sp³-hybridized carbons (Fsp3) is 0.562. The van der Waals surface area contributed by atoms with Crippen molar-refractivity contribution in [3.8, 4) is 0 Å². The van der Waals surface area contributed by atoms with Crippen LogP contribution in [0.3, 0.4) is 0 Å². The molecule has 0 aliphatic heterocycles. The molecule has 0 amide bonds. The molecule has 2 nitrogen and oxygen atoms in total. The van der Waals surface area contributed by atoms with Crippen LogP contribution in [0.5, 0.6) is 0 Å². The highest BCUT2D eigenvalue weighted by Gasteiger charge is 2.67. The third-order valence-corrected chi connectivity index (χ3v) is 5.75. The molecule has 102 valence electrons. The Morgan fingerprint density at radius 3 is 2.26 bits per heavy atom. The van der Waals surface area contributed by atoms with E-state index in [1.807, 2.05) is 27.0 Å². The minimum atomic E-state index is -1.12. The lowest BCUT2D eigenvalue weighted by Crippen LogP contribution is -2.65. The van der Waals surface area contributed by atoms with E-state index in [0.29, 0.717) is 5.41 Å². The Labute approximate surface area is 118 Å². The van der Waals surface area contributed by atoms with Crippen LogP contribution in [0.15, 0.2) is 34.7 Å². The Balaban J connectivity index is 1.63. The van der Waals surface area contributed by atoms with Crippen molar-refractivity contribution in [1.82, 2.24) is 0 Å². The standard InChI is InChI=1S/C16H21NOS/c1-14(2,3)19(18)17-12-15-9-16(10-15,11-15)13-7-5-4-6-8-13/h4-8,12H,9-11H2,1-3H3/b17-12+. The second kappa shape index (κ2) is 4.10. The molecule has 0 saturated heterocycles. The van der Waals surface area contributed by atoms with Gasteiger partial charge < -0.3 is 4.55 Å². The first-order valence-electron chi connectivity index (χ1n) is 6.88. The predicted molar refractivity (Wildman–Crippen MR) is 80.8 cm³/mol. The van der Waals surface area contributed by atoms with Crippen LogP contribution in [-0.2, 0) is 16.8 Å². The minimum Gasteiger partial charge on any atom is -0.591 e. The van der Waals surface area contributed by atoms with Crippen molar-refractivity contribution in [2.45, 2.75) is 50.2 Å². The summed E-state index contributed by atoms with van der Waals surface area (Å²) in [5, 5.41) is 0. The third-order valence-electron chi connectivity index (χ3n) is 4.40. The van der Waals surface area contributed by atoms with E-state index in [9.17, 15) is 4.55 Å². The van der Waals surface area contributed by atoms with Crippen LogP contribution in [0.4, 0.5) is 0 Å². The molecule has 0 N–H and O–H groups in total. The van der Waals surface area contributed by atoms with Gasteiger partial charge in [0.1, 0.15) is 16.1 Å². The molecule has 0 spiro atoms. The molecule has 1 aromatic rings. The molecular weight excluding hydrogens is 254 g/mol. The van der Waals surface area contributed by atoms with Crippen molar-refractivity contribution in [2.75, 3.05) is 0 Å². The molecule has 19 heavy (non-hydrogen) atoms. The van der Waals surface area contributed by atoms with E-state index >= 15 is 0 Å². The molecule has 3 aliphatic rings. The van der Waals surface area contributed by atoms with Crippen LogP contribution < -0.4 is 0 Å². The summed E-state index contributed by atoms with van der Waals surface area (Å²) in [6.45, 7) is 5.90. The second-order valence-electron chi connectivity index (χ2n) is 7.14. The van der Waals surface area contributed by atoms with Crippen molar-refractivity contribution >= 4 is 17.6 Å². The molecule has 0 radical (unpaired) electrons. The maximum atomic E-state index is 11.9. The highest BCUT2D eigenvalue weighted by Crippen LogP contribution is 2.72. The normalized spacial score (nSPS) is 34.7. The Bertz CT molecular complexity index is 483. The zero-order chi connectivity index (χ0) is 13.7. The maximum Gasteiger partial charge on any atom is 0.144 e. The average molecular weight is 275 g/mol. The van der Waals surface area contributed by atoms with E-state index in [1.54, 1.807) is 0 Å². The molecule has 1 atom stereocenters. The molecule has 0 heterocycles. The van der Waals surface area contributed by atoms with Gasteiger partial charge in [0.2, 0.25) is 0 Å². The summed E-state index contributed by atoms with van der Waals surface area (Å²) in [6, 6.07) is 10.8. The van der Waals surface area contributed by atoms with E-state index in [4.69, 9.17) is 0 Å². The van der Waals surface area contributed by atoms with Gasteiger partial charge in [-0.15, -0.1) is 0 Å². The molecular formula is C16H21NOS. The summed E-state index contributed by atoms with van der Waals surface area (Å²) in [6.07, 6.45) is 5.51. The summed E-state index contributed by atoms with van der Waals surface area (Å²) in [7, 11) is 0. The third kappa shape index (κ3) is 2.13. The Morgan fingerprint density at radius 2 is 1.74 bits per heavy atom. The fourth-order valence-electron chi connectivity index (χ4n) is 3.42. The zero-order valence-corrected chi connectivity index (χ0v) is 12.7. The van der Waals surface area contributed by atoms with Gasteiger partial charge in [-0.1, -0.05) is 34.7 Å². The maximum absolute atomic E-state index is 11.9. The largest absolute Gasteiger partial charge is 0.591 e. The van der Waals surface area contributed by atoms with Crippen molar-refractivity contribution < 1.29 is 4.55 Å². The van der Waals surface area contributed by atoms with Gasteiger partial charge in [0, 0.05) is 5.41 Å². The molecule has 1 unspecified atom stereocenters. The molecule has 3 fully saturated rings. The van der Waals surface area contributed by atoms with Crippen LogP contribution in [-0.4, -0.2) is 15.5 Å². The summed E-state index contributed by atoms with van der Waals surface area (Å²) in [5.74, 6) is 0. The van der Waals surface area contributed by atoms with Crippen LogP contribution in [0.1, 0.15) is 45.6 Å². The van der Waals surface area contributed by atoms with E-state index in [2.05, 4.69) is 34.7 Å². The highest BCUT2D eigenvalue weighted by atomic mass is 32.2. The summed E-state index contributed by atoms with van der Waals surface area (Å²) in [5.41, 5.74) is 2.11. The number of rotatable bonds is 3. The van der Waals surface area contributed by atoms with Crippen molar-refractivity contribution in [3.05, 3.63) is 35.9 Å². The van der Waals surface area contributed by atoms with E-state index < -0.39 is 11.4 Å². The predicted octanol–water partition coefficient (Wildman–Crippen LogP) is 3.64. The van der Waals surface area contributed by atoms with Crippen LogP contribution in [0.25, 0.3) is 0 Å². The van der Waals surface area contributed by atoms with Crippen molar-refractivity contribution in [1.29, 1.82) is 0 Å². The van der Waals surface area contributed by atoms with Crippen LogP contribution in [0, 0.1) is 5.41 Å². The first kappa shape index (κ1) is 13.2. The quantitative estimate of drug-likeness (QED) is 0.612. The van der Waals surface area contributed by atoms with Crippen LogP contribution in [0.2, 0.25) is 0 Å². The van der Waals surface area contributed by atoms with Crippen molar-refractivity contribution in [2.24, 2.45) is 9.81 Å². The number of hydrogen-bond donors (Lipinski definition) is 0. The average Bonchev–Trinajstić information content (AvgIpc) is 2.25. The van der Waals surface area contributed by atoms with E-state index in [0.717, 1.165) is 0 Å². The lowest BCUT2D eigenvalue weighted by molar-refractivity contribution is -0.0776. The SMILES string of the molecule is CC(C)(C)[S+]([O-])/N=C/C12CC(c3ccccc3)(C1)C2. The monoisotopic (exact) mass is 275 g/mol. The first-order valence-corrected chi connectivity index (χ1v) is 7.99. The molecule has 3 heteroatoms. The number of nitrogens with zero attached hydrogens (tertiary/aromatic N) is 1.